The molecule has 0 spiro atoms. The maximum Gasteiger partial charge on any atom is 0.275 e. The van der Waals surface area contributed by atoms with Crippen LogP contribution in [0.25, 0.3) is 6.08 Å². The molecule has 0 bridgehead atoms. The number of rotatable bonds is 4. The second kappa shape index (κ2) is 6.84. The van der Waals surface area contributed by atoms with Crippen LogP contribution < -0.4 is 10.1 Å². The number of carbonyl (C=O) groups excluding carboxylic acids is 1. The number of nitrogens with one attached hydrogen (secondary N) is 1. The number of methoxy groups -OCH3 is 1. The Bertz CT molecular complexity index is 845. The first kappa shape index (κ1) is 16.2. The molecule has 1 amide bonds. The Balaban J connectivity index is 1.80. The standard InChI is InChI=1S/C18H14ClFN2O2/c1-24-16-7-4-12(8-14(16)20)9-15-18(23)22-17(21-15)10-11-2-5-13(19)6-3-11/h2-9H,10H2,1H3,(H,21,22,23)/b15-9+. The van der Waals surface area contributed by atoms with Gasteiger partial charge in [-0.1, -0.05) is 29.8 Å². The first-order valence-corrected chi connectivity index (χ1v) is 7.61. The topological polar surface area (TPSA) is 50.7 Å². The molecule has 1 aliphatic heterocycles. The predicted molar refractivity (Wildman–Crippen MR) is 91.7 cm³/mol. The Morgan fingerprint density at radius 2 is 2.00 bits per heavy atom. The molecule has 1 N–H and O–H groups in total. The van der Waals surface area contributed by atoms with Crippen molar-refractivity contribution >= 4 is 29.4 Å². The Kier molecular flexibility index (Phi) is 4.62. The van der Waals surface area contributed by atoms with Crippen LogP contribution in [0.15, 0.2) is 53.2 Å². The molecule has 0 aromatic heterocycles. The van der Waals surface area contributed by atoms with E-state index in [1.54, 1.807) is 18.2 Å². The van der Waals surface area contributed by atoms with Crippen LogP contribution in [0, 0.1) is 5.82 Å². The van der Waals surface area contributed by atoms with Crippen molar-refractivity contribution in [1.29, 1.82) is 0 Å². The summed E-state index contributed by atoms with van der Waals surface area (Å²) in [5, 5.41) is 3.37. The zero-order valence-electron chi connectivity index (χ0n) is 12.8. The summed E-state index contributed by atoms with van der Waals surface area (Å²) in [5.74, 6) is -0.103. The highest BCUT2D eigenvalue weighted by Gasteiger charge is 2.20. The maximum atomic E-state index is 13.7. The summed E-state index contributed by atoms with van der Waals surface area (Å²) in [6.45, 7) is 0. The van der Waals surface area contributed by atoms with E-state index >= 15 is 0 Å². The molecule has 4 nitrogen and oxygen atoms in total. The first-order chi connectivity index (χ1) is 11.5. The molecule has 0 atom stereocenters. The van der Waals surface area contributed by atoms with Gasteiger partial charge in [-0.15, -0.1) is 0 Å². The van der Waals surface area contributed by atoms with E-state index in [0.717, 1.165) is 5.56 Å². The molecule has 0 fully saturated rings. The fraction of sp³-hybridized carbons (Fsp3) is 0.111. The average molecular weight is 345 g/mol. The Labute approximate surface area is 143 Å². The lowest BCUT2D eigenvalue weighted by atomic mass is 10.1. The highest BCUT2D eigenvalue weighted by atomic mass is 35.5. The zero-order valence-corrected chi connectivity index (χ0v) is 13.6. The fourth-order valence-electron chi connectivity index (χ4n) is 2.33. The third kappa shape index (κ3) is 3.63. The molecule has 3 rings (SSSR count). The van der Waals surface area contributed by atoms with Gasteiger partial charge in [-0.25, -0.2) is 9.38 Å². The van der Waals surface area contributed by atoms with E-state index in [1.165, 1.54) is 25.3 Å². The first-order valence-electron chi connectivity index (χ1n) is 7.24. The van der Waals surface area contributed by atoms with Crippen molar-refractivity contribution in [2.24, 2.45) is 4.99 Å². The van der Waals surface area contributed by atoms with Gasteiger partial charge in [0.25, 0.3) is 5.91 Å². The van der Waals surface area contributed by atoms with E-state index < -0.39 is 5.82 Å². The number of amidine groups is 1. The van der Waals surface area contributed by atoms with Crippen LogP contribution in [-0.2, 0) is 11.2 Å². The average Bonchev–Trinajstić information content (AvgIpc) is 2.89. The molecule has 1 aliphatic rings. The van der Waals surface area contributed by atoms with Crippen molar-refractivity contribution in [3.8, 4) is 5.75 Å². The lowest BCUT2D eigenvalue weighted by Gasteiger charge is -2.02. The number of hydrogen-bond acceptors (Lipinski definition) is 3. The number of aliphatic imine (C=N–C) groups is 1. The quantitative estimate of drug-likeness (QED) is 0.861. The molecule has 0 radical (unpaired) electrons. The number of carbonyl (C=O) groups is 1. The Morgan fingerprint density at radius 3 is 2.67 bits per heavy atom. The molecular weight excluding hydrogens is 331 g/mol. The van der Waals surface area contributed by atoms with Crippen molar-refractivity contribution in [1.82, 2.24) is 5.32 Å². The summed E-state index contributed by atoms with van der Waals surface area (Å²) in [7, 11) is 1.40. The third-order valence-electron chi connectivity index (χ3n) is 3.51. The number of halogens is 2. The van der Waals surface area contributed by atoms with E-state index in [0.29, 0.717) is 22.8 Å². The normalized spacial score (nSPS) is 15.4. The highest BCUT2D eigenvalue weighted by molar-refractivity contribution is 6.30. The van der Waals surface area contributed by atoms with E-state index in [2.05, 4.69) is 10.3 Å². The van der Waals surface area contributed by atoms with Crippen LogP contribution >= 0.6 is 11.6 Å². The molecule has 0 saturated carbocycles. The van der Waals surface area contributed by atoms with E-state index in [9.17, 15) is 9.18 Å². The van der Waals surface area contributed by atoms with Gasteiger partial charge in [0, 0.05) is 11.4 Å². The highest BCUT2D eigenvalue weighted by Crippen LogP contribution is 2.21. The fourth-order valence-corrected chi connectivity index (χ4v) is 2.45. The summed E-state index contributed by atoms with van der Waals surface area (Å²) in [6.07, 6.45) is 2.02. The van der Waals surface area contributed by atoms with Gasteiger partial charge >= 0.3 is 0 Å². The van der Waals surface area contributed by atoms with Crippen molar-refractivity contribution < 1.29 is 13.9 Å². The second-order valence-electron chi connectivity index (χ2n) is 5.24. The van der Waals surface area contributed by atoms with Crippen molar-refractivity contribution in [2.45, 2.75) is 6.42 Å². The Morgan fingerprint density at radius 1 is 1.25 bits per heavy atom. The van der Waals surface area contributed by atoms with Crippen LogP contribution in [0.5, 0.6) is 5.75 Å². The molecule has 2 aromatic carbocycles. The number of nitrogens with zero attached hydrogens (tertiary/aromatic N) is 1. The van der Waals surface area contributed by atoms with Gasteiger partial charge in [0.15, 0.2) is 11.6 Å². The monoisotopic (exact) mass is 344 g/mol. The second-order valence-corrected chi connectivity index (χ2v) is 5.68. The van der Waals surface area contributed by atoms with E-state index in [-0.39, 0.29) is 17.4 Å². The van der Waals surface area contributed by atoms with E-state index in [1.807, 2.05) is 12.1 Å². The number of benzene rings is 2. The summed E-state index contributed by atoms with van der Waals surface area (Å²) in [5.41, 5.74) is 1.76. The molecule has 1 heterocycles. The van der Waals surface area contributed by atoms with Gasteiger partial charge in [-0.3, -0.25) is 4.79 Å². The number of hydrogen-bond donors (Lipinski definition) is 1. The lowest BCUT2D eigenvalue weighted by Crippen LogP contribution is -2.25. The van der Waals surface area contributed by atoms with Crippen LogP contribution in [0.3, 0.4) is 0 Å². The van der Waals surface area contributed by atoms with Gasteiger partial charge in [0.2, 0.25) is 0 Å². The lowest BCUT2D eigenvalue weighted by molar-refractivity contribution is -0.115. The van der Waals surface area contributed by atoms with Gasteiger partial charge in [-0.05, 0) is 41.5 Å². The molecule has 0 saturated heterocycles. The van der Waals surface area contributed by atoms with Gasteiger partial charge in [-0.2, -0.15) is 0 Å². The summed E-state index contributed by atoms with van der Waals surface area (Å²) >= 11 is 5.85. The molecule has 0 unspecified atom stereocenters. The number of ether oxygens (including phenoxy) is 1. The molecule has 122 valence electrons. The van der Waals surface area contributed by atoms with Crippen molar-refractivity contribution in [3.05, 3.63) is 70.1 Å². The Hall–Kier alpha value is -2.66. The maximum absolute atomic E-state index is 13.7. The van der Waals surface area contributed by atoms with Gasteiger partial charge in [0.1, 0.15) is 11.5 Å². The summed E-state index contributed by atoms with van der Waals surface area (Å²) in [6, 6.07) is 11.8. The minimum atomic E-state index is -0.490. The van der Waals surface area contributed by atoms with E-state index in [4.69, 9.17) is 16.3 Å². The van der Waals surface area contributed by atoms with Crippen molar-refractivity contribution in [2.75, 3.05) is 7.11 Å². The van der Waals surface area contributed by atoms with Crippen LogP contribution in [0.4, 0.5) is 4.39 Å². The molecule has 24 heavy (non-hydrogen) atoms. The summed E-state index contributed by atoms with van der Waals surface area (Å²) < 4.78 is 18.6. The largest absolute Gasteiger partial charge is 0.494 e. The van der Waals surface area contributed by atoms with Gasteiger partial charge < -0.3 is 10.1 Å². The molecular formula is C18H14ClFN2O2. The van der Waals surface area contributed by atoms with Crippen LogP contribution in [-0.4, -0.2) is 18.9 Å². The van der Waals surface area contributed by atoms with Crippen molar-refractivity contribution in [3.63, 3.8) is 0 Å². The third-order valence-corrected chi connectivity index (χ3v) is 3.76. The summed E-state index contributed by atoms with van der Waals surface area (Å²) in [4.78, 5) is 16.3. The van der Waals surface area contributed by atoms with Crippen LogP contribution in [0.2, 0.25) is 5.02 Å². The smallest absolute Gasteiger partial charge is 0.275 e. The minimum absolute atomic E-state index is 0.153. The van der Waals surface area contributed by atoms with Gasteiger partial charge in [0.05, 0.1) is 7.11 Å². The molecule has 0 aliphatic carbocycles. The van der Waals surface area contributed by atoms with Crippen LogP contribution in [0.1, 0.15) is 11.1 Å². The SMILES string of the molecule is COc1ccc(/C=C2/N=C(Cc3ccc(Cl)cc3)NC2=O)cc1F. The zero-order chi connectivity index (χ0) is 17.1. The number of amides is 1. The minimum Gasteiger partial charge on any atom is -0.494 e. The molecule has 2 aromatic rings. The molecule has 6 heteroatoms. The predicted octanol–water partition coefficient (Wildman–Crippen LogP) is 3.60.